The SMILES string of the molecule is CC(C)CCC(=O)N1CCCc2cc(N)ccc21. The summed E-state index contributed by atoms with van der Waals surface area (Å²) in [7, 11) is 0. The molecule has 0 saturated carbocycles. The molecule has 0 spiro atoms. The van der Waals surface area contributed by atoms with Crippen molar-refractivity contribution in [3.63, 3.8) is 0 Å². The number of aryl methyl sites for hydroxylation is 1. The van der Waals surface area contributed by atoms with E-state index in [2.05, 4.69) is 13.8 Å². The van der Waals surface area contributed by atoms with Crippen LogP contribution < -0.4 is 10.6 Å². The van der Waals surface area contributed by atoms with E-state index in [9.17, 15) is 4.79 Å². The van der Waals surface area contributed by atoms with Crippen molar-refractivity contribution in [3.05, 3.63) is 23.8 Å². The number of fused-ring (bicyclic) bond motifs is 1. The fraction of sp³-hybridized carbons (Fsp3) is 0.533. The van der Waals surface area contributed by atoms with Crippen LogP contribution in [0.3, 0.4) is 0 Å². The van der Waals surface area contributed by atoms with Gasteiger partial charge in [-0.3, -0.25) is 4.79 Å². The van der Waals surface area contributed by atoms with Crippen LogP contribution >= 0.6 is 0 Å². The molecule has 98 valence electrons. The molecule has 0 aliphatic carbocycles. The van der Waals surface area contributed by atoms with Crippen molar-refractivity contribution in [1.29, 1.82) is 0 Å². The molecule has 1 amide bonds. The Morgan fingerprint density at radius 1 is 1.44 bits per heavy atom. The van der Waals surface area contributed by atoms with Crippen LogP contribution in [0.4, 0.5) is 11.4 Å². The fourth-order valence-corrected chi connectivity index (χ4v) is 2.42. The number of carbonyl (C=O) groups excluding carboxylic acids is 1. The second-order valence-corrected chi connectivity index (χ2v) is 5.47. The number of nitrogens with two attached hydrogens (primary N) is 1. The number of benzene rings is 1. The standard InChI is InChI=1S/C15H22N2O/c1-11(2)5-8-15(18)17-9-3-4-12-10-13(16)6-7-14(12)17/h6-7,10-11H,3-5,8-9,16H2,1-2H3. The molecule has 0 radical (unpaired) electrons. The zero-order chi connectivity index (χ0) is 13.1. The monoisotopic (exact) mass is 246 g/mol. The summed E-state index contributed by atoms with van der Waals surface area (Å²) in [5.74, 6) is 0.819. The fourth-order valence-electron chi connectivity index (χ4n) is 2.42. The first kappa shape index (κ1) is 12.9. The zero-order valence-electron chi connectivity index (χ0n) is 11.3. The lowest BCUT2D eigenvalue weighted by molar-refractivity contribution is -0.118. The number of hydrogen-bond donors (Lipinski definition) is 1. The van der Waals surface area contributed by atoms with E-state index in [0.29, 0.717) is 12.3 Å². The first-order valence-electron chi connectivity index (χ1n) is 6.76. The third kappa shape index (κ3) is 2.84. The van der Waals surface area contributed by atoms with E-state index in [1.54, 1.807) is 0 Å². The molecular formula is C15H22N2O. The Morgan fingerprint density at radius 3 is 2.94 bits per heavy atom. The van der Waals surface area contributed by atoms with Gasteiger partial charge in [-0.15, -0.1) is 0 Å². The lowest BCUT2D eigenvalue weighted by Crippen LogP contribution is -2.35. The molecule has 2 N–H and O–H groups in total. The molecule has 1 aromatic rings. The van der Waals surface area contributed by atoms with Gasteiger partial charge in [0.25, 0.3) is 0 Å². The van der Waals surface area contributed by atoms with Gasteiger partial charge in [0.15, 0.2) is 0 Å². The van der Waals surface area contributed by atoms with Gasteiger partial charge in [0.2, 0.25) is 5.91 Å². The van der Waals surface area contributed by atoms with E-state index in [-0.39, 0.29) is 5.91 Å². The highest BCUT2D eigenvalue weighted by Gasteiger charge is 2.22. The summed E-state index contributed by atoms with van der Waals surface area (Å²) < 4.78 is 0. The van der Waals surface area contributed by atoms with E-state index >= 15 is 0 Å². The van der Waals surface area contributed by atoms with Gasteiger partial charge in [0.05, 0.1) is 0 Å². The van der Waals surface area contributed by atoms with E-state index in [0.717, 1.165) is 37.2 Å². The molecule has 1 heterocycles. The van der Waals surface area contributed by atoms with Crippen LogP contribution in [0.2, 0.25) is 0 Å². The number of nitrogens with zero attached hydrogens (tertiary/aromatic N) is 1. The Balaban J connectivity index is 2.14. The maximum Gasteiger partial charge on any atom is 0.226 e. The number of carbonyl (C=O) groups is 1. The molecule has 0 atom stereocenters. The molecule has 0 unspecified atom stereocenters. The van der Waals surface area contributed by atoms with Gasteiger partial charge >= 0.3 is 0 Å². The Bertz CT molecular complexity index is 440. The second kappa shape index (κ2) is 5.42. The van der Waals surface area contributed by atoms with Crippen LogP contribution in [0, 0.1) is 5.92 Å². The average molecular weight is 246 g/mol. The van der Waals surface area contributed by atoms with E-state index < -0.39 is 0 Å². The number of anilines is 2. The largest absolute Gasteiger partial charge is 0.399 e. The van der Waals surface area contributed by atoms with Crippen molar-refractivity contribution >= 4 is 17.3 Å². The lowest BCUT2D eigenvalue weighted by Gasteiger charge is -2.30. The van der Waals surface area contributed by atoms with Crippen LogP contribution in [0.1, 0.15) is 38.7 Å². The molecule has 3 heteroatoms. The van der Waals surface area contributed by atoms with Crippen LogP contribution in [-0.4, -0.2) is 12.5 Å². The number of amides is 1. The van der Waals surface area contributed by atoms with Crippen LogP contribution in [-0.2, 0) is 11.2 Å². The third-order valence-corrected chi connectivity index (χ3v) is 3.46. The van der Waals surface area contributed by atoms with E-state index in [1.807, 2.05) is 23.1 Å². The summed E-state index contributed by atoms with van der Waals surface area (Å²) in [6, 6.07) is 5.86. The smallest absolute Gasteiger partial charge is 0.226 e. The van der Waals surface area contributed by atoms with Gasteiger partial charge in [-0.2, -0.15) is 0 Å². The predicted octanol–water partition coefficient (Wildman–Crippen LogP) is 2.98. The second-order valence-electron chi connectivity index (χ2n) is 5.47. The summed E-state index contributed by atoms with van der Waals surface area (Å²) in [6.45, 7) is 5.14. The van der Waals surface area contributed by atoms with Crippen LogP contribution in [0.25, 0.3) is 0 Å². The maximum absolute atomic E-state index is 12.2. The molecular weight excluding hydrogens is 224 g/mol. The van der Waals surface area contributed by atoms with Crippen molar-refractivity contribution in [2.24, 2.45) is 5.92 Å². The van der Waals surface area contributed by atoms with Crippen molar-refractivity contribution in [2.75, 3.05) is 17.2 Å². The van der Waals surface area contributed by atoms with Gasteiger partial charge in [-0.05, 0) is 48.9 Å². The molecule has 3 nitrogen and oxygen atoms in total. The van der Waals surface area contributed by atoms with Gasteiger partial charge < -0.3 is 10.6 Å². The van der Waals surface area contributed by atoms with Crippen molar-refractivity contribution in [1.82, 2.24) is 0 Å². The highest BCUT2D eigenvalue weighted by Crippen LogP contribution is 2.29. The first-order valence-corrected chi connectivity index (χ1v) is 6.76. The summed E-state index contributed by atoms with van der Waals surface area (Å²) in [5.41, 5.74) is 8.85. The van der Waals surface area contributed by atoms with Crippen LogP contribution in [0.15, 0.2) is 18.2 Å². The molecule has 1 aliphatic rings. The number of hydrogen-bond acceptors (Lipinski definition) is 2. The van der Waals surface area contributed by atoms with E-state index in [1.165, 1.54) is 5.56 Å². The number of nitrogen functional groups attached to an aromatic ring is 1. The van der Waals surface area contributed by atoms with Gasteiger partial charge in [0, 0.05) is 24.3 Å². The molecule has 0 fully saturated rings. The first-order chi connectivity index (χ1) is 8.58. The topological polar surface area (TPSA) is 46.3 Å². The summed E-state index contributed by atoms with van der Waals surface area (Å²) in [4.78, 5) is 14.2. The summed E-state index contributed by atoms with van der Waals surface area (Å²) in [6.07, 6.45) is 3.65. The Morgan fingerprint density at radius 2 is 2.22 bits per heavy atom. The summed E-state index contributed by atoms with van der Waals surface area (Å²) >= 11 is 0. The highest BCUT2D eigenvalue weighted by atomic mass is 16.2. The minimum Gasteiger partial charge on any atom is -0.399 e. The van der Waals surface area contributed by atoms with Crippen molar-refractivity contribution in [3.8, 4) is 0 Å². The normalized spacial score (nSPS) is 14.7. The van der Waals surface area contributed by atoms with Gasteiger partial charge in [0.1, 0.15) is 0 Å². The van der Waals surface area contributed by atoms with E-state index in [4.69, 9.17) is 5.73 Å². The highest BCUT2D eigenvalue weighted by molar-refractivity contribution is 5.94. The van der Waals surface area contributed by atoms with Gasteiger partial charge in [-0.25, -0.2) is 0 Å². The molecule has 2 rings (SSSR count). The predicted molar refractivity (Wildman–Crippen MR) is 75.6 cm³/mol. The minimum atomic E-state index is 0.245. The Hall–Kier alpha value is -1.51. The third-order valence-electron chi connectivity index (χ3n) is 3.46. The molecule has 1 aliphatic heterocycles. The molecule has 0 aromatic heterocycles. The Labute approximate surface area is 109 Å². The molecule has 1 aromatic carbocycles. The Kier molecular flexibility index (Phi) is 3.90. The van der Waals surface area contributed by atoms with Crippen molar-refractivity contribution in [2.45, 2.75) is 39.5 Å². The maximum atomic E-state index is 12.2. The minimum absolute atomic E-state index is 0.245. The summed E-state index contributed by atoms with van der Waals surface area (Å²) in [5, 5.41) is 0. The molecule has 0 saturated heterocycles. The lowest BCUT2D eigenvalue weighted by atomic mass is 10.00. The van der Waals surface area contributed by atoms with Crippen LogP contribution in [0.5, 0.6) is 0 Å². The average Bonchev–Trinajstić information content (AvgIpc) is 2.34. The number of rotatable bonds is 3. The molecule has 0 bridgehead atoms. The zero-order valence-corrected chi connectivity index (χ0v) is 11.3. The van der Waals surface area contributed by atoms with Crippen molar-refractivity contribution < 1.29 is 4.79 Å². The molecule has 18 heavy (non-hydrogen) atoms. The quantitative estimate of drug-likeness (QED) is 0.833. The van der Waals surface area contributed by atoms with Gasteiger partial charge in [-0.1, -0.05) is 13.8 Å².